The summed E-state index contributed by atoms with van der Waals surface area (Å²) >= 11 is 0. The van der Waals surface area contributed by atoms with Crippen LogP contribution in [-0.4, -0.2) is 39.0 Å². The van der Waals surface area contributed by atoms with E-state index in [0.29, 0.717) is 5.92 Å². The second-order valence-electron chi connectivity index (χ2n) is 5.77. The van der Waals surface area contributed by atoms with Gasteiger partial charge in [-0.3, -0.25) is 0 Å². The Labute approximate surface area is 109 Å². The Balaban J connectivity index is 2.14. The second-order valence-corrected chi connectivity index (χ2v) is 5.77. The molecule has 2 rings (SSSR count). The lowest BCUT2D eigenvalue weighted by molar-refractivity contribution is -0.0485. The number of anilines is 1. The molecular formula is C15H23NO2. The molecule has 3 nitrogen and oxygen atoms in total. The Hall–Kier alpha value is -1.06. The molecule has 1 saturated heterocycles. The van der Waals surface area contributed by atoms with Gasteiger partial charge in [0.1, 0.15) is 0 Å². The Morgan fingerprint density at radius 1 is 1.28 bits per heavy atom. The molecule has 18 heavy (non-hydrogen) atoms. The maximum Gasteiger partial charge on any atom is 0.0525 e. The van der Waals surface area contributed by atoms with Gasteiger partial charge < -0.3 is 14.7 Å². The third-order valence-corrected chi connectivity index (χ3v) is 3.88. The van der Waals surface area contributed by atoms with Crippen LogP contribution >= 0.6 is 0 Å². The average molecular weight is 249 g/mol. The van der Waals surface area contributed by atoms with Crippen LogP contribution in [0.3, 0.4) is 0 Å². The van der Waals surface area contributed by atoms with Gasteiger partial charge in [0.25, 0.3) is 0 Å². The van der Waals surface area contributed by atoms with Gasteiger partial charge in [0.15, 0.2) is 0 Å². The van der Waals surface area contributed by atoms with Gasteiger partial charge in [0, 0.05) is 31.1 Å². The molecule has 0 aromatic heterocycles. The summed E-state index contributed by atoms with van der Waals surface area (Å²) in [6.07, 6.45) is 0.991. The fourth-order valence-electron chi connectivity index (χ4n) is 2.48. The lowest BCUT2D eigenvalue weighted by Crippen LogP contribution is -2.37. The first kappa shape index (κ1) is 13.4. The van der Waals surface area contributed by atoms with E-state index < -0.39 is 0 Å². The van der Waals surface area contributed by atoms with E-state index in [9.17, 15) is 5.11 Å². The van der Waals surface area contributed by atoms with E-state index in [4.69, 9.17) is 4.74 Å². The van der Waals surface area contributed by atoms with Crippen molar-refractivity contribution in [3.63, 3.8) is 0 Å². The molecular weight excluding hydrogens is 226 g/mol. The van der Waals surface area contributed by atoms with Gasteiger partial charge in [-0.05, 0) is 24.1 Å². The third kappa shape index (κ3) is 2.68. The summed E-state index contributed by atoms with van der Waals surface area (Å²) in [5.41, 5.74) is 2.24. The minimum Gasteiger partial charge on any atom is -0.395 e. The monoisotopic (exact) mass is 249 g/mol. The van der Waals surface area contributed by atoms with E-state index in [2.05, 4.69) is 36.1 Å². The maximum atomic E-state index is 9.73. The molecule has 0 aliphatic carbocycles. The zero-order valence-electron chi connectivity index (χ0n) is 11.5. The molecule has 100 valence electrons. The van der Waals surface area contributed by atoms with Crippen LogP contribution < -0.4 is 4.90 Å². The van der Waals surface area contributed by atoms with Crippen molar-refractivity contribution in [1.29, 1.82) is 0 Å². The predicted molar refractivity (Wildman–Crippen MR) is 74.1 cm³/mol. The number of rotatable bonds is 5. The van der Waals surface area contributed by atoms with Crippen molar-refractivity contribution in [2.24, 2.45) is 5.92 Å². The fourth-order valence-corrected chi connectivity index (χ4v) is 2.48. The fraction of sp³-hybridized carbons (Fsp3) is 0.600. The van der Waals surface area contributed by atoms with Crippen LogP contribution in [0.15, 0.2) is 24.3 Å². The van der Waals surface area contributed by atoms with Gasteiger partial charge in [-0.2, -0.15) is 0 Å². The molecule has 1 heterocycles. The highest BCUT2D eigenvalue weighted by Gasteiger charge is 2.32. The summed E-state index contributed by atoms with van der Waals surface area (Å²) in [7, 11) is 4.07. The Morgan fingerprint density at radius 2 is 1.89 bits per heavy atom. The predicted octanol–water partition coefficient (Wildman–Crippen LogP) is 2.04. The maximum absolute atomic E-state index is 9.73. The summed E-state index contributed by atoms with van der Waals surface area (Å²) in [5, 5.41) is 9.73. The highest BCUT2D eigenvalue weighted by atomic mass is 16.5. The molecule has 1 N–H and O–H groups in total. The number of benzene rings is 1. The molecule has 1 atom stereocenters. The Kier molecular flexibility index (Phi) is 3.93. The van der Waals surface area contributed by atoms with E-state index in [-0.39, 0.29) is 12.0 Å². The zero-order valence-corrected chi connectivity index (χ0v) is 11.5. The average Bonchev–Trinajstić information content (AvgIpc) is 2.34. The number of aliphatic hydroxyl groups excluding tert-OH is 1. The van der Waals surface area contributed by atoms with E-state index in [1.54, 1.807) is 0 Å². The van der Waals surface area contributed by atoms with E-state index in [1.165, 1.54) is 11.3 Å². The Bertz CT molecular complexity index is 384. The molecule has 0 amide bonds. The Morgan fingerprint density at radius 3 is 2.28 bits per heavy atom. The quantitative estimate of drug-likeness (QED) is 0.867. The number of hydrogen-bond acceptors (Lipinski definition) is 3. The van der Waals surface area contributed by atoms with Crippen LogP contribution in [0, 0.1) is 5.92 Å². The number of ether oxygens (including phenoxy) is 1. The van der Waals surface area contributed by atoms with Crippen molar-refractivity contribution < 1.29 is 9.84 Å². The lowest BCUT2D eigenvalue weighted by atomic mass is 9.75. The van der Waals surface area contributed by atoms with Crippen molar-refractivity contribution in [3.8, 4) is 0 Å². The molecule has 1 aromatic rings. The highest BCUT2D eigenvalue weighted by Crippen LogP contribution is 2.34. The molecule has 0 radical (unpaired) electrons. The van der Waals surface area contributed by atoms with Gasteiger partial charge >= 0.3 is 0 Å². The molecule has 1 aliphatic rings. The van der Waals surface area contributed by atoms with Gasteiger partial charge in [0.05, 0.1) is 19.8 Å². The first-order valence-corrected chi connectivity index (χ1v) is 6.51. The highest BCUT2D eigenvalue weighted by molar-refractivity contribution is 5.47. The molecule has 1 fully saturated rings. The molecule has 0 saturated carbocycles. The second kappa shape index (κ2) is 5.29. The van der Waals surface area contributed by atoms with E-state index >= 15 is 0 Å². The summed E-state index contributed by atoms with van der Waals surface area (Å²) < 4.78 is 5.22. The van der Waals surface area contributed by atoms with Crippen molar-refractivity contribution in [2.75, 3.05) is 38.8 Å². The lowest BCUT2D eigenvalue weighted by Gasteiger charge is -2.36. The van der Waals surface area contributed by atoms with Crippen LogP contribution in [0.4, 0.5) is 5.69 Å². The topological polar surface area (TPSA) is 32.7 Å². The summed E-state index contributed by atoms with van der Waals surface area (Å²) in [5.74, 6) is 0.593. The van der Waals surface area contributed by atoms with Crippen molar-refractivity contribution >= 4 is 5.69 Å². The van der Waals surface area contributed by atoms with E-state index in [0.717, 1.165) is 19.6 Å². The van der Waals surface area contributed by atoms with Crippen molar-refractivity contribution in [2.45, 2.75) is 18.8 Å². The minimum absolute atomic E-state index is 0.153. The van der Waals surface area contributed by atoms with Crippen LogP contribution in [0.25, 0.3) is 0 Å². The summed E-state index contributed by atoms with van der Waals surface area (Å²) in [6.45, 7) is 4.00. The summed E-state index contributed by atoms with van der Waals surface area (Å²) in [6, 6.07) is 8.48. The number of nitrogens with zero attached hydrogens (tertiary/aromatic N) is 1. The van der Waals surface area contributed by atoms with Crippen molar-refractivity contribution in [1.82, 2.24) is 0 Å². The number of hydrogen-bond donors (Lipinski definition) is 1. The van der Waals surface area contributed by atoms with Crippen LogP contribution in [-0.2, 0) is 10.2 Å². The van der Waals surface area contributed by atoms with Crippen LogP contribution in [0.1, 0.15) is 18.9 Å². The minimum atomic E-state index is -0.153. The van der Waals surface area contributed by atoms with Gasteiger partial charge in [-0.15, -0.1) is 0 Å². The van der Waals surface area contributed by atoms with E-state index in [1.807, 2.05) is 14.1 Å². The molecule has 1 aliphatic heterocycles. The molecule has 0 spiro atoms. The molecule has 1 aromatic carbocycles. The van der Waals surface area contributed by atoms with Gasteiger partial charge in [0.2, 0.25) is 0 Å². The van der Waals surface area contributed by atoms with Crippen molar-refractivity contribution in [3.05, 3.63) is 29.8 Å². The summed E-state index contributed by atoms with van der Waals surface area (Å²) in [4.78, 5) is 2.08. The zero-order chi connectivity index (χ0) is 13.2. The largest absolute Gasteiger partial charge is 0.395 e. The third-order valence-electron chi connectivity index (χ3n) is 3.88. The van der Waals surface area contributed by atoms with Crippen LogP contribution in [0.2, 0.25) is 0 Å². The normalized spacial score (nSPS) is 19.1. The molecule has 1 unspecified atom stereocenters. The molecule has 0 bridgehead atoms. The first-order chi connectivity index (χ1) is 8.55. The molecule has 3 heteroatoms. The van der Waals surface area contributed by atoms with Crippen LogP contribution in [0.5, 0.6) is 0 Å². The first-order valence-electron chi connectivity index (χ1n) is 6.51. The van der Waals surface area contributed by atoms with Gasteiger partial charge in [-0.25, -0.2) is 0 Å². The van der Waals surface area contributed by atoms with Gasteiger partial charge in [-0.1, -0.05) is 19.1 Å². The standard InChI is InChI=1S/C15H23NO2/c1-15(11-17,8-12-9-18-10-12)13-4-6-14(7-5-13)16(2)3/h4-7,12,17H,8-11H2,1-3H3. The SMILES string of the molecule is CN(C)c1ccc(C(C)(CO)CC2COC2)cc1. The smallest absolute Gasteiger partial charge is 0.0525 e. The number of aliphatic hydroxyl groups is 1.